The van der Waals surface area contributed by atoms with Gasteiger partial charge in [-0.1, -0.05) is 33.1 Å². The molecule has 0 aliphatic carbocycles. The van der Waals surface area contributed by atoms with Crippen molar-refractivity contribution in [2.75, 3.05) is 39.3 Å². The summed E-state index contributed by atoms with van der Waals surface area (Å²) in [5.41, 5.74) is 0. The van der Waals surface area contributed by atoms with Crippen LogP contribution < -0.4 is 10.6 Å². The van der Waals surface area contributed by atoms with Crippen LogP contribution in [0.25, 0.3) is 0 Å². The molecule has 1 saturated heterocycles. The third kappa shape index (κ3) is 8.73. The Bertz CT molecular complexity index is 518. The van der Waals surface area contributed by atoms with Gasteiger partial charge in [0, 0.05) is 32.6 Å². The second-order valence-corrected chi connectivity index (χ2v) is 7.34. The van der Waals surface area contributed by atoms with E-state index >= 15 is 0 Å². The Balaban J connectivity index is 1.72. The third-order valence-electron chi connectivity index (χ3n) is 5.08. The number of unbranched alkanes of at least 4 members (excludes halogenated alkanes) is 1. The lowest BCUT2D eigenvalue weighted by Crippen LogP contribution is -2.39. The van der Waals surface area contributed by atoms with Crippen LogP contribution in [-0.2, 0) is 13.0 Å². The lowest BCUT2D eigenvalue weighted by molar-refractivity contribution is 0.283. The maximum atomic E-state index is 4.79. The number of hydrogen-bond acceptors (Lipinski definition) is 4. The van der Waals surface area contributed by atoms with Crippen LogP contribution in [0.15, 0.2) is 11.3 Å². The maximum Gasteiger partial charge on any atom is 0.191 e. The Kier molecular flexibility index (Phi) is 10.9. The molecule has 154 valence electrons. The van der Waals surface area contributed by atoms with Gasteiger partial charge in [0.1, 0.15) is 12.2 Å². The molecule has 0 aromatic carbocycles. The first-order valence-electron chi connectivity index (χ1n) is 10.9. The summed E-state index contributed by atoms with van der Waals surface area (Å²) in [6, 6.07) is 0. The highest BCUT2D eigenvalue weighted by Crippen LogP contribution is 2.09. The van der Waals surface area contributed by atoms with Crippen LogP contribution >= 0.6 is 0 Å². The summed E-state index contributed by atoms with van der Waals surface area (Å²) in [6.45, 7) is 11.6. The van der Waals surface area contributed by atoms with Crippen molar-refractivity contribution in [3.63, 3.8) is 0 Å². The van der Waals surface area contributed by atoms with Crippen molar-refractivity contribution < 1.29 is 0 Å². The van der Waals surface area contributed by atoms with Crippen molar-refractivity contribution in [3.05, 3.63) is 12.2 Å². The van der Waals surface area contributed by atoms with Gasteiger partial charge in [0.2, 0.25) is 0 Å². The van der Waals surface area contributed by atoms with Crippen LogP contribution in [0.5, 0.6) is 0 Å². The second kappa shape index (κ2) is 13.5. The summed E-state index contributed by atoms with van der Waals surface area (Å²) in [5.74, 6) is 1.97. The molecule has 1 aromatic rings. The van der Waals surface area contributed by atoms with Crippen molar-refractivity contribution in [1.29, 1.82) is 0 Å². The number of hydrogen-bond donors (Lipinski definition) is 2. The van der Waals surface area contributed by atoms with Crippen LogP contribution in [0.3, 0.4) is 0 Å². The lowest BCUT2D eigenvalue weighted by Gasteiger charge is -2.19. The lowest BCUT2D eigenvalue weighted by atomic mass is 10.2. The summed E-state index contributed by atoms with van der Waals surface area (Å²) in [7, 11) is 0. The van der Waals surface area contributed by atoms with Gasteiger partial charge < -0.3 is 20.1 Å². The smallest absolute Gasteiger partial charge is 0.191 e. The molecule has 1 aliphatic heterocycles. The normalized spacial score (nSPS) is 16.3. The van der Waals surface area contributed by atoms with Gasteiger partial charge in [0.05, 0.1) is 0 Å². The Labute approximate surface area is 165 Å². The molecular formula is C20H39N7. The van der Waals surface area contributed by atoms with Crippen LogP contribution in [0, 0.1) is 0 Å². The Morgan fingerprint density at radius 1 is 1.04 bits per heavy atom. The van der Waals surface area contributed by atoms with Crippen LogP contribution in [0.2, 0.25) is 0 Å². The van der Waals surface area contributed by atoms with Crippen LogP contribution in [-0.4, -0.2) is 64.9 Å². The highest BCUT2D eigenvalue weighted by Gasteiger charge is 2.08. The van der Waals surface area contributed by atoms with Crippen LogP contribution in [0.1, 0.15) is 64.6 Å². The molecule has 27 heavy (non-hydrogen) atoms. The summed E-state index contributed by atoms with van der Waals surface area (Å²) in [4.78, 5) is 7.40. The molecular weight excluding hydrogens is 338 g/mol. The molecule has 0 atom stereocenters. The minimum atomic E-state index is 0.828. The van der Waals surface area contributed by atoms with E-state index in [9.17, 15) is 0 Å². The largest absolute Gasteiger partial charge is 0.356 e. The van der Waals surface area contributed by atoms with E-state index < -0.39 is 0 Å². The minimum absolute atomic E-state index is 0.828. The minimum Gasteiger partial charge on any atom is -0.356 e. The summed E-state index contributed by atoms with van der Waals surface area (Å²) >= 11 is 0. The molecule has 0 unspecified atom stereocenters. The quantitative estimate of drug-likeness (QED) is 0.352. The summed E-state index contributed by atoms with van der Waals surface area (Å²) < 4.78 is 2.11. The topological polar surface area (TPSA) is 70.4 Å². The van der Waals surface area contributed by atoms with E-state index in [4.69, 9.17) is 4.99 Å². The first-order chi connectivity index (χ1) is 13.3. The predicted molar refractivity (Wildman–Crippen MR) is 112 cm³/mol. The molecule has 0 radical (unpaired) electrons. The Morgan fingerprint density at radius 2 is 1.81 bits per heavy atom. The van der Waals surface area contributed by atoms with Gasteiger partial charge in [0.25, 0.3) is 0 Å². The number of aryl methyl sites for hydroxylation is 1. The van der Waals surface area contributed by atoms with E-state index in [1.807, 2.05) is 6.33 Å². The fraction of sp³-hybridized carbons (Fsp3) is 0.850. The number of likely N-dealkylation sites (tertiary alicyclic amines) is 1. The van der Waals surface area contributed by atoms with Gasteiger partial charge in [-0.3, -0.25) is 4.99 Å². The van der Waals surface area contributed by atoms with Crippen molar-refractivity contribution in [2.45, 2.75) is 71.8 Å². The van der Waals surface area contributed by atoms with Gasteiger partial charge in [-0.05, 0) is 45.3 Å². The molecule has 0 bridgehead atoms. The highest BCUT2D eigenvalue weighted by atomic mass is 15.3. The number of nitrogens with one attached hydrogen (secondary N) is 2. The first kappa shape index (κ1) is 21.7. The molecule has 2 N–H and O–H groups in total. The highest BCUT2D eigenvalue weighted by molar-refractivity contribution is 5.79. The number of guanidine groups is 1. The third-order valence-corrected chi connectivity index (χ3v) is 5.08. The van der Waals surface area contributed by atoms with Gasteiger partial charge in [-0.2, -0.15) is 0 Å². The maximum absolute atomic E-state index is 4.79. The fourth-order valence-corrected chi connectivity index (χ4v) is 3.44. The zero-order valence-corrected chi connectivity index (χ0v) is 17.4. The van der Waals surface area contributed by atoms with E-state index in [2.05, 4.69) is 44.1 Å². The molecule has 2 heterocycles. The SMILES string of the molecule is CCCCNC(=NCCCN1CCCCCC1)NCCn1cnnc1CC. The second-order valence-electron chi connectivity index (χ2n) is 7.34. The van der Waals surface area contributed by atoms with E-state index in [0.717, 1.165) is 50.8 Å². The van der Waals surface area contributed by atoms with E-state index in [1.54, 1.807) is 0 Å². The Hall–Kier alpha value is -1.63. The Morgan fingerprint density at radius 3 is 2.56 bits per heavy atom. The van der Waals surface area contributed by atoms with Gasteiger partial charge in [0.15, 0.2) is 5.96 Å². The van der Waals surface area contributed by atoms with Crippen LogP contribution in [0.4, 0.5) is 0 Å². The molecule has 1 aromatic heterocycles. The molecule has 0 spiro atoms. The van der Waals surface area contributed by atoms with Gasteiger partial charge in [-0.25, -0.2) is 0 Å². The number of rotatable bonds is 11. The van der Waals surface area contributed by atoms with Crippen molar-refractivity contribution >= 4 is 5.96 Å². The molecule has 1 fully saturated rings. The zero-order chi connectivity index (χ0) is 19.2. The molecule has 0 amide bonds. The number of aliphatic imine (C=N–C) groups is 1. The van der Waals surface area contributed by atoms with Gasteiger partial charge >= 0.3 is 0 Å². The first-order valence-corrected chi connectivity index (χ1v) is 10.9. The average molecular weight is 378 g/mol. The predicted octanol–water partition coefficient (Wildman–Crippen LogP) is 2.44. The average Bonchev–Trinajstić information content (AvgIpc) is 2.98. The standard InChI is InChI=1S/C20H39N7/c1-3-5-11-21-20(23-13-17-27-18-24-25-19(27)4-2)22-12-10-16-26-14-8-6-7-9-15-26/h18H,3-17H2,1-2H3,(H2,21,22,23). The van der Waals surface area contributed by atoms with E-state index in [-0.39, 0.29) is 0 Å². The van der Waals surface area contributed by atoms with Crippen molar-refractivity contribution in [3.8, 4) is 0 Å². The number of nitrogens with zero attached hydrogens (tertiary/aromatic N) is 5. The molecule has 1 aliphatic rings. The summed E-state index contributed by atoms with van der Waals surface area (Å²) in [6.07, 6.45) is 11.7. The van der Waals surface area contributed by atoms with E-state index in [0.29, 0.717) is 0 Å². The fourth-order valence-electron chi connectivity index (χ4n) is 3.44. The molecule has 2 rings (SSSR count). The van der Waals surface area contributed by atoms with Crippen molar-refractivity contribution in [2.24, 2.45) is 4.99 Å². The molecule has 0 saturated carbocycles. The molecule has 7 heteroatoms. The zero-order valence-electron chi connectivity index (χ0n) is 17.4. The summed E-state index contributed by atoms with van der Waals surface area (Å²) in [5, 5.41) is 15.1. The molecule has 7 nitrogen and oxygen atoms in total. The van der Waals surface area contributed by atoms with E-state index in [1.165, 1.54) is 58.2 Å². The van der Waals surface area contributed by atoms with Gasteiger partial charge in [-0.15, -0.1) is 10.2 Å². The monoisotopic (exact) mass is 377 g/mol. The van der Waals surface area contributed by atoms with Crippen molar-refractivity contribution in [1.82, 2.24) is 30.3 Å². The number of aromatic nitrogens is 3.